The Morgan fingerprint density at radius 1 is 1.56 bits per heavy atom. The molecule has 1 amide bonds. The van der Waals surface area contributed by atoms with Crippen LogP contribution in [-0.4, -0.2) is 23.7 Å². The zero-order valence-electron chi connectivity index (χ0n) is 11.2. The van der Waals surface area contributed by atoms with Gasteiger partial charge in [0, 0.05) is 17.8 Å². The molecular formula is C14H23NO2S. The van der Waals surface area contributed by atoms with Gasteiger partial charge in [-0.05, 0) is 30.2 Å². The maximum atomic E-state index is 11.6. The summed E-state index contributed by atoms with van der Waals surface area (Å²) < 4.78 is 0. The van der Waals surface area contributed by atoms with Crippen LogP contribution in [0.25, 0.3) is 0 Å². The van der Waals surface area contributed by atoms with E-state index in [2.05, 4.69) is 16.8 Å². The van der Waals surface area contributed by atoms with Gasteiger partial charge in [0.15, 0.2) is 0 Å². The van der Waals surface area contributed by atoms with Crippen molar-refractivity contribution in [3.8, 4) is 0 Å². The van der Waals surface area contributed by atoms with Crippen molar-refractivity contribution in [3.05, 3.63) is 22.4 Å². The Labute approximate surface area is 113 Å². The van der Waals surface area contributed by atoms with Crippen molar-refractivity contribution in [1.82, 2.24) is 5.32 Å². The number of aliphatic hydroxyl groups excluding tert-OH is 1. The Kier molecular flexibility index (Phi) is 6.98. The van der Waals surface area contributed by atoms with Crippen LogP contribution in [-0.2, 0) is 11.2 Å². The Hall–Kier alpha value is -0.870. The third-order valence-electron chi connectivity index (χ3n) is 3.22. The molecule has 18 heavy (non-hydrogen) atoms. The van der Waals surface area contributed by atoms with Gasteiger partial charge in [-0.15, -0.1) is 11.3 Å². The van der Waals surface area contributed by atoms with Crippen molar-refractivity contribution >= 4 is 17.2 Å². The SMILES string of the molecule is CCC(C)C(O)CNC(=O)CCCc1cccs1. The van der Waals surface area contributed by atoms with Gasteiger partial charge >= 0.3 is 0 Å². The van der Waals surface area contributed by atoms with E-state index in [1.54, 1.807) is 11.3 Å². The third kappa shape index (κ3) is 5.65. The van der Waals surface area contributed by atoms with E-state index in [0.717, 1.165) is 19.3 Å². The van der Waals surface area contributed by atoms with Crippen LogP contribution in [0.3, 0.4) is 0 Å². The lowest BCUT2D eigenvalue weighted by molar-refractivity contribution is -0.121. The minimum atomic E-state index is -0.434. The Morgan fingerprint density at radius 3 is 2.94 bits per heavy atom. The predicted molar refractivity (Wildman–Crippen MR) is 75.7 cm³/mol. The molecule has 0 fully saturated rings. The highest BCUT2D eigenvalue weighted by Crippen LogP contribution is 2.12. The van der Waals surface area contributed by atoms with Gasteiger partial charge in [0.1, 0.15) is 0 Å². The topological polar surface area (TPSA) is 49.3 Å². The molecule has 3 nitrogen and oxygen atoms in total. The van der Waals surface area contributed by atoms with Crippen molar-refractivity contribution in [1.29, 1.82) is 0 Å². The minimum absolute atomic E-state index is 0.0360. The lowest BCUT2D eigenvalue weighted by Crippen LogP contribution is -2.35. The molecule has 0 aliphatic rings. The monoisotopic (exact) mass is 269 g/mol. The molecule has 0 aromatic carbocycles. The van der Waals surface area contributed by atoms with Crippen molar-refractivity contribution < 1.29 is 9.90 Å². The molecule has 0 aliphatic carbocycles. The fraction of sp³-hybridized carbons (Fsp3) is 0.643. The third-order valence-corrected chi connectivity index (χ3v) is 4.15. The molecule has 0 spiro atoms. The standard InChI is InChI=1S/C14H23NO2S/c1-3-11(2)13(16)10-15-14(17)8-4-6-12-7-5-9-18-12/h5,7,9,11,13,16H,3-4,6,8,10H2,1-2H3,(H,15,17). The van der Waals surface area contributed by atoms with Crippen LogP contribution in [0.1, 0.15) is 38.0 Å². The van der Waals surface area contributed by atoms with E-state index < -0.39 is 6.10 Å². The summed E-state index contributed by atoms with van der Waals surface area (Å²) in [6, 6.07) is 4.12. The van der Waals surface area contributed by atoms with E-state index in [1.807, 2.05) is 19.9 Å². The number of aliphatic hydroxyl groups is 1. The van der Waals surface area contributed by atoms with Crippen LogP contribution < -0.4 is 5.32 Å². The van der Waals surface area contributed by atoms with Gasteiger partial charge in [0.2, 0.25) is 5.91 Å². The molecule has 1 aromatic rings. The van der Waals surface area contributed by atoms with E-state index in [0.29, 0.717) is 13.0 Å². The first kappa shape index (κ1) is 15.2. The molecule has 1 rings (SSSR count). The number of amides is 1. The van der Waals surface area contributed by atoms with Gasteiger partial charge < -0.3 is 10.4 Å². The van der Waals surface area contributed by atoms with Crippen LogP contribution in [0, 0.1) is 5.92 Å². The van der Waals surface area contributed by atoms with Crippen LogP contribution in [0.4, 0.5) is 0 Å². The molecule has 2 atom stereocenters. The zero-order chi connectivity index (χ0) is 13.4. The fourth-order valence-corrected chi connectivity index (χ4v) is 2.41. The Morgan fingerprint density at radius 2 is 2.33 bits per heavy atom. The lowest BCUT2D eigenvalue weighted by Gasteiger charge is -2.17. The van der Waals surface area contributed by atoms with Crippen molar-refractivity contribution in [2.24, 2.45) is 5.92 Å². The summed E-state index contributed by atoms with van der Waals surface area (Å²) in [5, 5.41) is 14.6. The normalized spacial score (nSPS) is 14.2. The van der Waals surface area contributed by atoms with Gasteiger partial charge in [-0.25, -0.2) is 0 Å². The van der Waals surface area contributed by atoms with Gasteiger partial charge in [0.05, 0.1) is 6.10 Å². The lowest BCUT2D eigenvalue weighted by atomic mass is 10.0. The summed E-state index contributed by atoms with van der Waals surface area (Å²) in [7, 11) is 0. The molecule has 102 valence electrons. The van der Waals surface area contributed by atoms with Crippen molar-refractivity contribution in [3.63, 3.8) is 0 Å². The number of carbonyl (C=O) groups is 1. The summed E-state index contributed by atoms with van der Waals surface area (Å²) in [5.74, 6) is 0.269. The second-order valence-corrected chi connectivity index (χ2v) is 5.72. The highest BCUT2D eigenvalue weighted by molar-refractivity contribution is 7.09. The number of hydrogen-bond donors (Lipinski definition) is 2. The smallest absolute Gasteiger partial charge is 0.220 e. The van der Waals surface area contributed by atoms with Crippen LogP contribution in [0.2, 0.25) is 0 Å². The first-order chi connectivity index (χ1) is 8.63. The molecule has 0 radical (unpaired) electrons. The average molecular weight is 269 g/mol. The molecule has 0 bridgehead atoms. The Balaban J connectivity index is 2.10. The van der Waals surface area contributed by atoms with Gasteiger partial charge in [-0.2, -0.15) is 0 Å². The Bertz CT molecular complexity index is 338. The van der Waals surface area contributed by atoms with Crippen molar-refractivity contribution in [2.45, 2.75) is 45.6 Å². The van der Waals surface area contributed by atoms with E-state index in [9.17, 15) is 9.90 Å². The van der Waals surface area contributed by atoms with Gasteiger partial charge in [-0.3, -0.25) is 4.79 Å². The van der Waals surface area contributed by atoms with E-state index in [4.69, 9.17) is 0 Å². The minimum Gasteiger partial charge on any atom is -0.391 e. The number of nitrogens with one attached hydrogen (secondary N) is 1. The largest absolute Gasteiger partial charge is 0.391 e. The quantitative estimate of drug-likeness (QED) is 0.762. The summed E-state index contributed by atoms with van der Waals surface area (Å²) in [4.78, 5) is 12.9. The molecular weight excluding hydrogens is 246 g/mol. The van der Waals surface area contributed by atoms with Crippen molar-refractivity contribution in [2.75, 3.05) is 6.54 Å². The maximum absolute atomic E-state index is 11.6. The molecule has 2 N–H and O–H groups in total. The first-order valence-electron chi connectivity index (χ1n) is 6.60. The molecule has 1 aromatic heterocycles. The van der Waals surface area contributed by atoms with E-state index in [-0.39, 0.29) is 11.8 Å². The second-order valence-electron chi connectivity index (χ2n) is 4.69. The molecule has 0 saturated heterocycles. The van der Waals surface area contributed by atoms with E-state index in [1.165, 1.54) is 4.88 Å². The molecule has 2 unspecified atom stereocenters. The summed E-state index contributed by atoms with van der Waals surface area (Å²) >= 11 is 1.73. The van der Waals surface area contributed by atoms with Gasteiger partial charge in [0.25, 0.3) is 0 Å². The first-order valence-corrected chi connectivity index (χ1v) is 7.48. The van der Waals surface area contributed by atoms with E-state index >= 15 is 0 Å². The number of hydrogen-bond acceptors (Lipinski definition) is 3. The van der Waals surface area contributed by atoms with Gasteiger partial charge in [-0.1, -0.05) is 26.3 Å². The van der Waals surface area contributed by atoms with Crippen LogP contribution in [0.15, 0.2) is 17.5 Å². The summed E-state index contributed by atoms with van der Waals surface area (Å²) in [6.07, 6.45) is 2.85. The molecule has 0 saturated carbocycles. The number of aryl methyl sites for hydroxylation is 1. The number of thiophene rings is 1. The average Bonchev–Trinajstić information content (AvgIpc) is 2.88. The summed E-state index contributed by atoms with van der Waals surface area (Å²) in [5.41, 5.74) is 0. The van der Waals surface area contributed by atoms with Crippen LogP contribution >= 0.6 is 11.3 Å². The summed E-state index contributed by atoms with van der Waals surface area (Å²) in [6.45, 7) is 4.40. The maximum Gasteiger partial charge on any atom is 0.220 e. The second kappa shape index (κ2) is 8.27. The molecule has 1 heterocycles. The molecule has 4 heteroatoms. The highest BCUT2D eigenvalue weighted by atomic mass is 32.1. The predicted octanol–water partition coefficient (Wildman–Crippen LogP) is 2.59. The highest BCUT2D eigenvalue weighted by Gasteiger charge is 2.13. The number of rotatable bonds is 8. The molecule has 0 aliphatic heterocycles. The fourth-order valence-electron chi connectivity index (χ4n) is 1.66. The number of carbonyl (C=O) groups excluding carboxylic acids is 1. The van der Waals surface area contributed by atoms with Crippen LogP contribution in [0.5, 0.6) is 0 Å². The zero-order valence-corrected chi connectivity index (χ0v) is 12.0.